The SMILES string of the molecule is CCCNCc1cc(CCC)nc(Oc2ncn(C)n2)c1. The topological polar surface area (TPSA) is 64.9 Å². The first kappa shape index (κ1) is 15.4. The number of aromatic nitrogens is 4. The third-order valence-corrected chi connectivity index (χ3v) is 2.95. The highest BCUT2D eigenvalue weighted by Gasteiger charge is 2.07. The minimum absolute atomic E-state index is 0.325. The van der Waals surface area contributed by atoms with Gasteiger partial charge in [0.15, 0.2) is 0 Å². The van der Waals surface area contributed by atoms with Crippen LogP contribution >= 0.6 is 0 Å². The molecule has 0 aliphatic rings. The van der Waals surface area contributed by atoms with E-state index in [2.05, 4.69) is 40.3 Å². The molecule has 0 bridgehead atoms. The summed E-state index contributed by atoms with van der Waals surface area (Å²) in [6.45, 7) is 6.12. The van der Waals surface area contributed by atoms with E-state index in [9.17, 15) is 0 Å². The van der Waals surface area contributed by atoms with Crippen LogP contribution < -0.4 is 10.1 Å². The Labute approximate surface area is 125 Å². The molecule has 0 aromatic carbocycles. The zero-order valence-electron chi connectivity index (χ0n) is 13.0. The largest absolute Gasteiger partial charge is 0.404 e. The number of ether oxygens (including phenoxy) is 1. The Hall–Kier alpha value is -1.95. The van der Waals surface area contributed by atoms with Crippen LogP contribution in [0.2, 0.25) is 0 Å². The molecule has 0 saturated carbocycles. The van der Waals surface area contributed by atoms with Gasteiger partial charge in [0.2, 0.25) is 5.88 Å². The van der Waals surface area contributed by atoms with Crippen molar-refractivity contribution in [3.05, 3.63) is 29.7 Å². The highest BCUT2D eigenvalue weighted by atomic mass is 16.5. The number of nitrogens with one attached hydrogen (secondary N) is 1. The lowest BCUT2D eigenvalue weighted by atomic mass is 10.1. The van der Waals surface area contributed by atoms with Crippen LogP contribution in [0.3, 0.4) is 0 Å². The van der Waals surface area contributed by atoms with Crippen LogP contribution in [0.4, 0.5) is 0 Å². The van der Waals surface area contributed by atoms with Crippen LogP contribution in [-0.4, -0.2) is 26.3 Å². The lowest BCUT2D eigenvalue weighted by Gasteiger charge is -2.09. The molecule has 2 aromatic heterocycles. The Balaban J connectivity index is 2.14. The summed E-state index contributed by atoms with van der Waals surface area (Å²) in [5.74, 6) is 0.556. The number of aryl methyl sites for hydroxylation is 2. The molecule has 1 N–H and O–H groups in total. The summed E-state index contributed by atoms with van der Waals surface area (Å²) in [6.07, 6.45) is 4.72. The molecule has 6 heteroatoms. The highest BCUT2D eigenvalue weighted by Crippen LogP contribution is 2.18. The van der Waals surface area contributed by atoms with Gasteiger partial charge >= 0.3 is 6.01 Å². The van der Waals surface area contributed by atoms with Crippen molar-refractivity contribution >= 4 is 0 Å². The van der Waals surface area contributed by atoms with Gasteiger partial charge in [-0.05, 0) is 31.0 Å². The van der Waals surface area contributed by atoms with Crippen molar-refractivity contribution in [3.8, 4) is 11.9 Å². The number of pyridine rings is 1. The predicted molar refractivity (Wildman–Crippen MR) is 81.3 cm³/mol. The van der Waals surface area contributed by atoms with Crippen LogP contribution in [0.15, 0.2) is 18.5 Å². The lowest BCUT2D eigenvalue weighted by Crippen LogP contribution is -2.14. The van der Waals surface area contributed by atoms with Gasteiger partial charge in [0, 0.05) is 25.4 Å². The summed E-state index contributed by atoms with van der Waals surface area (Å²) >= 11 is 0. The molecule has 2 aromatic rings. The smallest absolute Gasteiger partial charge is 0.342 e. The second kappa shape index (κ2) is 7.73. The van der Waals surface area contributed by atoms with Gasteiger partial charge in [-0.3, -0.25) is 4.68 Å². The van der Waals surface area contributed by atoms with Crippen molar-refractivity contribution < 1.29 is 4.74 Å². The Morgan fingerprint density at radius 2 is 2.10 bits per heavy atom. The first-order valence-electron chi connectivity index (χ1n) is 7.45. The zero-order valence-corrected chi connectivity index (χ0v) is 13.0. The van der Waals surface area contributed by atoms with Gasteiger partial charge in [0.1, 0.15) is 6.33 Å². The molecule has 0 atom stereocenters. The Kier molecular flexibility index (Phi) is 5.68. The minimum Gasteiger partial charge on any atom is -0.404 e. The van der Waals surface area contributed by atoms with Gasteiger partial charge in [-0.25, -0.2) is 4.98 Å². The minimum atomic E-state index is 0.325. The molecule has 0 spiro atoms. The zero-order chi connectivity index (χ0) is 15.1. The van der Waals surface area contributed by atoms with E-state index in [1.165, 1.54) is 5.56 Å². The predicted octanol–water partition coefficient (Wildman–Crippen LogP) is 2.45. The van der Waals surface area contributed by atoms with E-state index in [0.717, 1.165) is 38.0 Å². The summed E-state index contributed by atoms with van der Waals surface area (Å²) < 4.78 is 7.26. The van der Waals surface area contributed by atoms with E-state index < -0.39 is 0 Å². The molecule has 0 unspecified atom stereocenters. The molecule has 0 aliphatic carbocycles. The Morgan fingerprint density at radius 1 is 1.24 bits per heavy atom. The highest BCUT2D eigenvalue weighted by molar-refractivity contribution is 5.26. The summed E-state index contributed by atoms with van der Waals surface area (Å²) in [4.78, 5) is 8.58. The van der Waals surface area contributed by atoms with Crippen molar-refractivity contribution in [2.24, 2.45) is 7.05 Å². The fourth-order valence-corrected chi connectivity index (χ4v) is 2.03. The van der Waals surface area contributed by atoms with E-state index in [4.69, 9.17) is 4.74 Å². The summed E-state index contributed by atoms with van der Waals surface area (Å²) in [5, 5.41) is 7.51. The van der Waals surface area contributed by atoms with E-state index in [1.807, 2.05) is 6.07 Å². The van der Waals surface area contributed by atoms with Gasteiger partial charge < -0.3 is 10.1 Å². The van der Waals surface area contributed by atoms with Crippen molar-refractivity contribution in [2.45, 2.75) is 39.7 Å². The number of hydrogen-bond donors (Lipinski definition) is 1. The van der Waals surface area contributed by atoms with Gasteiger partial charge in [-0.15, -0.1) is 5.10 Å². The van der Waals surface area contributed by atoms with E-state index >= 15 is 0 Å². The van der Waals surface area contributed by atoms with Crippen molar-refractivity contribution in [2.75, 3.05) is 6.54 Å². The molecule has 114 valence electrons. The maximum absolute atomic E-state index is 5.65. The average molecular weight is 289 g/mol. The van der Waals surface area contributed by atoms with Crippen LogP contribution in [0.25, 0.3) is 0 Å². The van der Waals surface area contributed by atoms with E-state index in [1.54, 1.807) is 18.1 Å². The normalized spacial score (nSPS) is 10.8. The molecule has 0 aliphatic heterocycles. The average Bonchev–Trinajstić information content (AvgIpc) is 2.84. The third kappa shape index (κ3) is 4.82. The van der Waals surface area contributed by atoms with Gasteiger partial charge in [0.25, 0.3) is 0 Å². The van der Waals surface area contributed by atoms with Crippen molar-refractivity contribution in [1.29, 1.82) is 0 Å². The molecule has 6 nitrogen and oxygen atoms in total. The molecule has 0 fully saturated rings. The maximum Gasteiger partial charge on any atom is 0.342 e. The van der Waals surface area contributed by atoms with E-state index in [-0.39, 0.29) is 0 Å². The summed E-state index contributed by atoms with van der Waals surface area (Å²) in [5.41, 5.74) is 2.21. The Bertz CT molecular complexity index is 567. The molecule has 0 amide bonds. The lowest BCUT2D eigenvalue weighted by molar-refractivity contribution is 0.420. The van der Waals surface area contributed by atoms with Crippen LogP contribution in [-0.2, 0) is 20.0 Å². The molecule has 0 saturated heterocycles. The maximum atomic E-state index is 5.65. The standard InChI is InChI=1S/C15H23N5O/c1-4-6-13-8-12(10-16-7-5-2)9-14(18-13)21-15-17-11-20(3)19-15/h8-9,11,16H,4-7,10H2,1-3H3. The molecule has 21 heavy (non-hydrogen) atoms. The summed E-state index contributed by atoms with van der Waals surface area (Å²) in [6, 6.07) is 4.40. The van der Waals surface area contributed by atoms with Gasteiger partial charge in [-0.2, -0.15) is 4.98 Å². The monoisotopic (exact) mass is 289 g/mol. The molecular formula is C15H23N5O. The van der Waals surface area contributed by atoms with Crippen LogP contribution in [0.1, 0.15) is 37.9 Å². The molecule has 0 radical (unpaired) electrons. The van der Waals surface area contributed by atoms with E-state index in [0.29, 0.717) is 11.9 Å². The number of hydrogen-bond acceptors (Lipinski definition) is 5. The van der Waals surface area contributed by atoms with Gasteiger partial charge in [0.05, 0.1) is 0 Å². The number of nitrogens with zero attached hydrogens (tertiary/aromatic N) is 4. The van der Waals surface area contributed by atoms with Crippen LogP contribution in [0, 0.1) is 0 Å². The van der Waals surface area contributed by atoms with Gasteiger partial charge in [-0.1, -0.05) is 20.3 Å². The first-order valence-corrected chi connectivity index (χ1v) is 7.45. The summed E-state index contributed by atoms with van der Waals surface area (Å²) in [7, 11) is 1.81. The second-order valence-electron chi connectivity index (χ2n) is 5.03. The van der Waals surface area contributed by atoms with Crippen LogP contribution in [0.5, 0.6) is 11.9 Å². The first-order chi connectivity index (χ1) is 10.2. The quantitative estimate of drug-likeness (QED) is 0.756. The fraction of sp³-hybridized carbons (Fsp3) is 0.533. The molecular weight excluding hydrogens is 266 g/mol. The fourth-order valence-electron chi connectivity index (χ4n) is 2.03. The van der Waals surface area contributed by atoms with Crippen molar-refractivity contribution in [3.63, 3.8) is 0 Å². The van der Waals surface area contributed by atoms with Crippen molar-refractivity contribution in [1.82, 2.24) is 25.1 Å². The number of rotatable bonds is 8. The Morgan fingerprint density at radius 3 is 2.76 bits per heavy atom. The molecule has 2 rings (SSSR count). The second-order valence-corrected chi connectivity index (χ2v) is 5.03. The third-order valence-electron chi connectivity index (χ3n) is 2.95. The molecule has 2 heterocycles.